The van der Waals surface area contributed by atoms with Crippen LogP contribution in [0.3, 0.4) is 0 Å². The molecule has 0 spiro atoms. The van der Waals surface area contributed by atoms with Gasteiger partial charge in [-0.3, -0.25) is 0 Å². The lowest BCUT2D eigenvalue weighted by Gasteiger charge is -2.31. The number of hydrogen-bond acceptors (Lipinski definition) is 6. The molecule has 0 aliphatic carbocycles. The molecular weight excluding hydrogens is 425 g/mol. The molecule has 30 heavy (non-hydrogen) atoms. The van der Waals surface area contributed by atoms with Crippen LogP contribution in [-0.2, 0) is 20.5 Å². The predicted molar refractivity (Wildman–Crippen MR) is 101 cm³/mol. The molecule has 0 aliphatic rings. The molecule has 0 bridgehead atoms. The second kappa shape index (κ2) is 8.23. The molecule has 7 nitrogen and oxygen atoms in total. The van der Waals surface area contributed by atoms with Crippen LogP contribution in [0.4, 0.5) is 18.9 Å². The number of halogens is 3. The van der Waals surface area contributed by atoms with E-state index < -0.39 is 32.9 Å². The summed E-state index contributed by atoms with van der Waals surface area (Å²) in [5, 5.41) is 21.6. The minimum Gasteiger partial charge on any atom is -0.479 e. The van der Waals surface area contributed by atoms with Gasteiger partial charge in [-0.1, -0.05) is 13.0 Å². The van der Waals surface area contributed by atoms with Gasteiger partial charge in [0.15, 0.2) is 5.54 Å². The number of nitrogens with one attached hydrogen (secondary N) is 1. The topological polar surface area (TPSA) is 116 Å². The highest BCUT2D eigenvalue weighted by molar-refractivity contribution is 7.88. The molecule has 0 radical (unpaired) electrons. The average Bonchev–Trinajstić information content (AvgIpc) is 2.64. The van der Waals surface area contributed by atoms with Crippen molar-refractivity contribution in [2.24, 2.45) is 0 Å². The summed E-state index contributed by atoms with van der Waals surface area (Å²) < 4.78 is 64.8. The Hall–Kier alpha value is -3.26. The summed E-state index contributed by atoms with van der Waals surface area (Å²) >= 11 is 0. The Balaban J connectivity index is 2.55. The highest BCUT2D eigenvalue weighted by Crippen LogP contribution is 2.35. The van der Waals surface area contributed by atoms with Crippen molar-refractivity contribution in [2.45, 2.75) is 31.3 Å². The van der Waals surface area contributed by atoms with E-state index in [0.717, 1.165) is 12.1 Å². The first-order valence-electron chi connectivity index (χ1n) is 8.49. The van der Waals surface area contributed by atoms with Crippen molar-refractivity contribution < 1.29 is 35.7 Å². The van der Waals surface area contributed by atoms with Crippen molar-refractivity contribution >= 4 is 21.8 Å². The van der Waals surface area contributed by atoms with E-state index >= 15 is 0 Å². The van der Waals surface area contributed by atoms with Gasteiger partial charge in [-0.25, -0.2) is 4.79 Å². The van der Waals surface area contributed by atoms with Crippen LogP contribution in [0.25, 0.3) is 0 Å². The number of aliphatic carboxylic acids is 1. The van der Waals surface area contributed by atoms with E-state index in [1.54, 1.807) is 6.92 Å². The molecule has 0 aromatic heterocycles. The standard InChI is InChI=1S/C19H17F3N2O5S/c1-3-18(17(25)26,24-15-6-4-13(11-23)5-7-15)14-8-12(2)9-16(10-14)29-30(27,28)19(20,21)22/h4-10,24H,3H2,1-2H3,(H,25,26). The SMILES string of the molecule is CCC(Nc1ccc(C#N)cc1)(C(=O)O)c1cc(C)cc(OS(=O)(=O)C(F)(F)F)c1. The fourth-order valence-corrected chi connectivity index (χ4v) is 3.23. The molecule has 1 unspecified atom stereocenters. The zero-order chi connectivity index (χ0) is 22.7. The fraction of sp³-hybridized carbons (Fsp3) is 0.263. The van der Waals surface area contributed by atoms with E-state index in [2.05, 4.69) is 9.50 Å². The van der Waals surface area contributed by atoms with E-state index in [0.29, 0.717) is 16.8 Å². The second-order valence-corrected chi connectivity index (χ2v) is 7.93. The van der Waals surface area contributed by atoms with Crippen LogP contribution in [0.15, 0.2) is 42.5 Å². The molecule has 0 aliphatic heterocycles. The van der Waals surface area contributed by atoms with Crippen molar-refractivity contribution in [3.8, 4) is 11.8 Å². The summed E-state index contributed by atoms with van der Waals surface area (Å²) in [4.78, 5) is 12.2. The van der Waals surface area contributed by atoms with Crippen LogP contribution in [0.1, 0.15) is 30.0 Å². The number of aryl methyl sites for hydroxylation is 1. The van der Waals surface area contributed by atoms with Crippen LogP contribution in [0.5, 0.6) is 5.75 Å². The lowest BCUT2D eigenvalue weighted by Crippen LogP contribution is -2.43. The summed E-state index contributed by atoms with van der Waals surface area (Å²) in [5.41, 5.74) is -6.46. The average molecular weight is 442 g/mol. The Morgan fingerprint density at radius 3 is 2.27 bits per heavy atom. The summed E-state index contributed by atoms with van der Waals surface area (Å²) in [6, 6.07) is 11.2. The number of carboxylic acids is 1. The molecule has 2 rings (SSSR count). The van der Waals surface area contributed by atoms with Crippen LogP contribution in [-0.4, -0.2) is 25.0 Å². The highest BCUT2D eigenvalue weighted by Gasteiger charge is 2.49. The van der Waals surface area contributed by atoms with Gasteiger partial charge in [0.05, 0.1) is 11.6 Å². The van der Waals surface area contributed by atoms with Gasteiger partial charge in [0.1, 0.15) is 5.75 Å². The van der Waals surface area contributed by atoms with Crippen molar-refractivity contribution in [1.82, 2.24) is 0 Å². The molecule has 0 saturated heterocycles. The Labute approximate surface area is 170 Å². The zero-order valence-electron chi connectivity index (χ0n) is 15.8. The van der Waals surface area contributed by atoms with E-state index in [1.807, 2.05) is 6.07 Å². The maximum atomic E-state index is 12.7. The quantitative estimate of drug-likeness (QED) is 0.493. The summed E-state index contributed by atoms with van der Waals surface area (Å²) in [7, 11) is -5.92. The van der Waals surface area contributed by atoms with Crippen LogP contribution in [0.2, 0.25) is 0 Å². The molecule has 0 heterocycles. The first-order chi connectivity index (χ1) is 13.8. The number of anilines is 1. The first kappa shape index (κ1) is 23.0. The van der Waals surface area contributed by atoms with E-state index in [1.165, 1.54) is 37.3 Å². The van der Waals surface area contributed by atoms with Gasteiger partial charge in [0, 0.05) is 5.69 Å². The predicted octanol–water partition coefficient (Wildman–Crippen LogP) is 3.90. The zero-order valence-corrected chi connectivity index (χ0v) is 16.6. The Kier molecular flexibility index (Phi) is 6.32. The first-order valence-corrected chi connectivity index (χ1v) is 9.90. The van der Waals surface area contributed by atoms with Crippen molar-refractivity contribution in [2.75, 3.05) is 5.32 Å². The number of hydrogen-bond donors (Lipinski definition) is 2. The van der Waals surface area contributed by atoms with E-state index in [4.69, 9.17) is 5.26 Å². The number of carbonyl (C=O) groups is 1. The van der Waals surface area contributed by atoms with Crippen LogP contribution in [0, 0.1) is 18.3 Å². The monoisotopic (exact) mass is 442 g/mol. The van der Waals surface area contributed by atoms with E-state index in [-0.39, 0.29) is 12.0 Å². The van der Waals surface area contributed by atoms with E-state index in [9.17, 15) is 31.5 Å². The lowest BCUT2D eigenvalue weighted by atomic mass is 9.85. The third kappa shape index (κ3) is 4.65. The molecule has 2 aromatic rings. The summed E-state index contributed by atoms with van der Waals surface area (Å²) in [6.07, 6.45) is -0.0444. The molecule has 0 amide bonds. The minimum absolute atomic E-state index is 0.00534. The van der Waals surface area contributed by atoms with Gasteiger partial charge >= 0.3 is 21.6 Å². The third-order valence-corrected chi connectivity index (χ3v) is 5.28. The van der Waals surface area contributed by atoms with Crippen molar-refractivity contribution in [3.63, 3.8) is 0 Å². The fourth-order valence-electron chi connectivity index (χ4n) is 2.78. The molecule has 1 atom stereocenters. The largest absolute Gasteiger partial charge is 0.534 e. The maximum absolute atomic E-state index is 12.7. The number of alkyl halides is 3. The summed E-state index contributed by atoms with van der Waals surface area (Å²) in [6.45, 7) is 3.00. The van der Waals surface area contributed by atoms with Gasteiger partial charge in [0.25, 0.3) is 0 Å². The Morgan fingerprint density at radius 2 is 1.80 bits per heavy atom. The second-order valence-electron chi connectivity index (χ2n) is 6.40. The van der Waals surface area contributed by atoms with Gasteiger partial charge in [-0.2, -0.15) is 26.9 Å². The smallest absolute Gasteiger partial charge is 0.479 e. The number of nitriles is 1. The molecular formula is C19H17F3N2O5S. The number of carboxylic acid groups (broad SMARTS) is 1. The van der Waals surface area contributed by atoms with Gasteiger partial charge < -0.3 is 14.6 Å². The van der Waals surface area contributed by atoms with Gasteiger partial charge in [0.2, 0.25) is 0 Å². The third-order valence-electron chi connectivity index (χ3n) is 4.30. The molecule has 160 valence electrons. The Morgan fingerprint density at radius 1 is 1.20 bits per heavy atom. The number of benzene rings is 2. The molecule has 2 aromatic carbocycles. The minimum atomic E-state index is -5.92. The normalized spacial score (nSPS) is 13.7. The summed E-state index contributed by atoms with van der Waals surface area (Å²) in [5.74, 6) is -2.01. The van der Waals surface area contributed by atoms with Gasteiger partial charge in [-0.15, -0.1) is 0 Å². The molecule has 0 saturated carbocycles. The number of nitrogens with zero attached hydrogens (tertiary/aromatic N) is 1. The molecule has 0 fully saturated rings. The number of rotatable bonds is 7. The lowest BCUT2D eigenvalue weighted by molar-refractivity contribution is -0.142. The van der Waals surface area contributed by atoms with Crippen LogP contribution >= 0.6 is 0 Å². The molecule has 2 N–H and O–H groups in total. The van der Waals surface area contributed by atoms with Crippen molar-refractivity contribution in [3.05, 3.63) is 59.2 Å². The maximum Gasteiger partial charge on any atom is 0.534 e. The molecule has 11 heteroatoms. The van der Waals surface area contributed by atoms with Gasteiger partial charge in [-0.05, 0) is 60.9 Å². The van der Waals surface area contributed by atoms with Crippen LogP contribution < -0.4 is 9.50 Å². The van der Waals surface area contributed by atoms with Crippen molar-refractivity contribution in [1.29, 1.82) is 5.26 Å². The highest BCUT2D eigenvalue weighted by atomic mass is 32.2. The Bertz CT molecular complexity index is 1090.